The predicted octanol–water partition coefficient (Wildman–Crippen LogP) is 6.89. The Morgan fingerprint density at radius 3 is 2.58 bits per heavy atom. The summed E-state index contributed by atoms with van der Waals surface area (Å²) in [5.74, 6) is -3.07. The SMILES string of the molecule is C=C1N(C)c2cc3c(N[C@H](C)c4cccc(C(C)(F)F)c4F)nc(C)nc3cc2CC1(C)C. The molecule has 0 saturated heterocycles. The number of halogens is 3. The molecule has 4 rings (SSSR count). The van der Waals surface area contributed by atoms with Crippen molar-refractivity contribution in [3.8, 4) is 0 Å². The van der Waals surface area contributed by atoms with Gasteiger partial charge < -0.3 is 10.2 Å². The fourth-order valence-corrected chi connectivity index (χ4v) is 4.57. The van der Waals surface area contributed by atoms with Crippen LogP contribution in [0.1, 0.15) is 56.3 Å². The third-order valence-electron chi connectivity index (χ3n) is 6.51. The van der Waals surface area contributed by atoms with Crippen molar-refractivity contribution in [3.05, 3.63) is 70.9 Å². The zero-order valence-electron chi connectivity index (χ0n) is 19.9. The standard InChI is InChI=1S/C26H29F3N4/c1-14(18-9-8-10-20(23(18)27)26(6,28)29)30-24-19-12-22-17(11-21(19)31-16(3)32-24)13-25(4,5)15(2)33(22)7/h8-12,14H,2,13H2,1,3-7H3,(H,30,31,32)/t14-/m1/s1. The van der Waals surface area contributed by atoms with Crippen molar-refractivity contribution in [3.63, 3.8) is 0 Å². The summed E-state index contributed by atoms with van der Waals surface area (Å²) in [5.41, 5.74) is 3.46. The molecule has 1 aromatic heterocycles. The summed E-state index contributed by atoms with van der Waals surface area (Å²) in [7, 11) is 1.99. The molecule has 7 heteroatoms. The summed E-state index contributed by atoms with van der Waals surface area (Å²) in [6, 6.07) is 7.58. The van der Waals surface area contributed by atoms with Crippen LogP contribution in [0.25, 0.3) is 10.9 Å². The van der Waals surface area contributed by atoms with Gasteiger partial charge in [0.25, 0.3) is 5.92 Å². The van der Waals surface area contributed by atoms with Crippen molar-refractivity contribution in [2.24, 2.45) is 5.41 Å². The van der Waals surface area contributed by atoms with E-state index in [1.807, 2.05) is 13.1 Å². The Morgan fingerprint density at radius 2 is 1.91 bits per heavy atom. The smallest absolute Gasteiger partial charge is 0.273 e. The van der Waals surface area contributed by atoms with Crippen molar-refractivity contribution in [2.45, 2.75) is 53.0 Å². The number of nitrogens with zero attached hydrogens (tertiary/aromatic N) is 3. The molecule has 0 aliphatic carbocycles. The van der Waals surface area contributed by atoms with E-state index in [1.54, 1.807) is 13.8 Å². The van der Waals surface area contributed by atoms with Gasteiger partial charge >= 0.3 is 0 Å². The van der Waals surface area contributed by atoms with Crippen molar-refractivity contribution in [1.29, 1.82) is 0 Å². The Kier molecular flexibility index (Phi) is 5.42. The molecule has 1 aliphatic heterocycles. The van der Waals surface area contributed by atoms with Gasteiger partial charge in [-0.15, -0.1) is 0 Å². The Labute approximate surface area is 192 Å². The van der Waals surface area contributed by atoms with Crippen LogP contribution in [0.2, 0.25) is 0 Å². The molecular formula is C26H29F3N4. The van der Waals surface area contributed by atoms with Gasteiger partial charge in [-0.25, -0.2) is 23.1 Å². The van der Waals surface area contributed by atoms with E-state index in [1.165, 1.54) is 17.7 Å². The maximum absolute atomic E-state index is 14.9. The topological polar surface area (TPSA) is 41.0 Å². The van der Waals surface area contributed by atoms with Crippen molar-refractivity contribution in [2.75, 3.05) is 17.3 Å². The highest BCUT2D eigenvalue weighted by Crippen LogP contribution is 2.44. The maximum atomic E-state index is 14.9. The van der Waals surface area contributed by atoms with Gasteiger partial charge in [-0.1, -0.05) is 38.6 Å². The van der Waals surface area contributed by atoms with Crippen LogP contribution in [0.5, 0.6) is 0 Å². The van der Waals surface area contributed by atoms with E-state index in [-0.39, 0.29) is 11.0 Å². The summed E-state index contributed by atoms with van der Waals surface area (Å²) < 4.78 is 42.6. The van der Waals surface area contributed by atoms with Crippen LogP contribution in [-0.4, -0.2) is 17.0 Å². The third-order valence-corrected chi connectivity index (χ3v) is 6.51. The summed E-state index contributed by atoms with van der Waals surface area (Å²) in [4.78, 5) is 11.3. The van der Waals surface area contributed by atoms with Crippen molar-refractivity contribution in [1.82, 2.24) is 9.97 Å². The Bertz CT molecular complexity index is 1260. The minimum absolute atomic E-state index is 0.0724. The molecule has 1 atom stereocenters. The van der Waals surface area contributed by atoms with Crippen LogP contribution in [0.4, 0.5) is 24.7 Å². The molecule has 0 radical (unpaired) electrons. The lowest BCUT2D eigenvalue weighted by Crippen LogP contribution is -2.35. The van der Waals surface area contributed by atoms with Crippen LogP contribution in [0.3, 0.4) is 0 Å². The van der Waals surface area contributed by atoms with E-state index in [4.69, 9.17) is 0 Å². The van der Waals surface area contributed by atoms with Crippen molar-refractivity contribution < 1.29 is 13.2 Å². The average Bonchev–Trinajstić information content (AvgIpc) is 2.70. The van der Waals surface area contributed by atoms with Crippen LogP contribution in [0, 0.1) is 18.2 Å². The van der Waals surface area contributed by atoms with E-state index in [0.717, 1.165) is 34.8 Å². The van der Waals surface area contributed by atoms with Crippen LogP contribution in [0.15, 0.2) is 42.6 Å². The highest BCUT2D eigenvalue weighted by Gasteiger charge is 2.33. The molecule has 1 N–H and O–H groups in total. The van der Waals surface area contributed by atoms with Gasteiger partial charge in [0, 0.05) is 41.7 Å². The molecule has 0 saturated carbocycles. The van der Waals surface area contributed by atoms with E-state index in [9.17, 15) is 13.2 Å². The summed E-state index contributed by atoms with van der Waals surface area (Å²) in [6.45, 7) is 12.8. The van der Waals surface area contributed by atoms with Crippen LogP contribution in [-0.2, 0) is 12.3 Å². The lowest BCUT2D eigenvalue weighted by Gasteiger charge is -2.41. The van der Waals surface area contributed by atoms with E-state index < -0.39 is 23.3 Å². The number of nitrogens with one attached hydrogen (secondary N) is 1. The number of alkyl halides is 2. The van der Waals surface area contributed by atoms with E-state index >= 15 is 0 Å². The van der Waals surface area contributed by atoms with Crippen LogP contribution >= 0.6 is 0 Å². The zero-order chi connectivity index (χ0) is 24.3. The molecule has 0 fully saturated rings. The second-order valence-electron chi connectivity index (χ2n) is 9.65. The van der Waals surface area contributed by atoms with Crippen LogP contribution < -0.4 is 10.2 Å². The predicted molar refractivity (Wildman–Crippen MR) is 127 cm³/mol. The molecular weight excluding hydrogens is 425 g/mol. The molecule has 2 aromatic carbocycles. The van der Waals surface area contributed by atoms with Gasteiger partial charge in [-0.3, -0.25) is 0 Å². The summed E-state index contributed by atoms with van der Waals surface area (Å²) in [5, 5.41) is 4.01. The summed E-state index contributed by atoms with van der Waals surface area (Å²) >= 11 is 0. The number of anilines is 2. The maximum Gasteiger partial charge on any atom is 0.273 e. The number of benzene rings is 2. The van der Waals surface area contributed by atoms with E-state index in [0.29, 0.717) is 18.6 Å². The Morgan fingerprint density at radius 1 is 1.21 bits per heavy atom. The average molecular weight is 455 g/mol. The number of fused-ring (bicyclic) bond motifs is 2. The molecule has 2 heterocycles. The van der Waals surface area contributed by atoms with Gasteiger partial charge in [0.05, 0.1) is 17.1 Å². The number of aromatic nitrogens is 2. The first-order chi connectivity index (χ1) is 15.3. The fraction of sp³-hybridized carbons (Fsp3) is 0.385. The molecule has 0 amide bonds. The lowest BCUT2D eigenvalue weighted by atomic mass is 9.78. The highest BCUT2D eigenvalue weighted by atomic mass is 19.3. The minimum Gasteiger partial charge on any atom is -0.363 e. The van der Waals surface area contributed by atoms with Crippen molar-refractivity contribution >= 4 is 22.4 Å². The monoisotopic (exact) mass is 454 g/mol. The number of aryl methyl sites for hydroxylation is 1. The third kappa shape index (κ3) is 4.05. The van der Waals surface area contributed by atoms with Gasteiger partial charge in [-0.05, 0) is 38.0 Å². The number of hydrogen-bond donors (Lipinski definition) is 1. The molecule has 0 unspecified atom stereocenters. The number of hydrogen-bond acceptors (Lipinski definition) is 4. The quantitative estimate of drug-likeness (QED) is 0.466. The first-order valence-electron chi connectivity index (χ1n) is 11.0. The number of allylic oxidation sites excluding steroid dienone is 1. The molecule has 33 heavy (non-hydrogen) atoms. The Balaban J connectivity index is 1.79. The molecule has 3 aromatic rings. The highest BCUT2D eigenvalue weighted by molar-refractivity contribution is 5.93. The zero-order valence-corrected chi connectivity index (χ0v) is 19.9. The molecule has 0 bridgehead atoms. The van der Waals surface area contributed by atoms with Gasteiger partial charge in [0.15, 0.2) is 0 Å². The Hall–Kier alpha value is -3.09. The van der Waals surface area contributed by atoms with Gasteiger partial charge in [-0.2, -0.15) is 0 Å². The normalized spacial score (nSPS) is 16.6. The number of rotatable bonds is 4. The molecule has 4 nitrogen and oxygen atoms in total. The van der Waals surface area contributed by atoms with Gasteiger partial charge in [0.1, 0.15) is 17.5 Å². The minimum atomic E-state index is -3.27. The molecule has 1 aliphatic rings. The molecule has 0 spiro atoms. The fourth-order valence-electron chi connectivity index (χ4n) is 4.57. The summed E-state index contributed by atoms with van der Waals surface area (Å²) in [6.07, 6.45) is 0.840. The lowest BCUT2D eigenvalue weighted by molar-refractivity contribution is 0.0136. The second-order valence-corrected chi connectivity index (χ2v) is 9.65. The van der Waals surface area contributed by atoms with Gasteiger partial charge in [0.2, 0.25) is 0 Å². The first kappa shape index (κ1) is 23.1. The largest absolute Gasteiger partial charge is 0.363 e. The first-order valence-corrected chi connectivity index (χ1v) is 11.0. The second kappa shape index (κ2) is 7.75. The van der Waals surface area contributed by atoms with E-state index in [2.05, 4.69) is 46.7 Å². The molecule has 174 valence electrons.